The molecule has 1 fully saturated rings. The quantitative estimate of drug-likeness (QED) is 0.818. The second-order valence-electron chi connectivity index (χ2n) is 7.44. The van der Waals surface area contributed by atoms with Crippen molar-refractivity contribution in [3.8, 4) is 0 Å². The van der Waals surface area contributed by atoms with Gasteiger partial charge in [0.1, 0.15) is 11.6 Å². The van der Waals surface area contributed by atoms with Crippen LogP contribution in [0.3, 0.4) is 0 Å². The first-order valence-electron chi connectivity index (χ1n) is 9.51. The second-order valence-corrected chi connectivity index (χ2v) is 7.44. The van der Waals surface area contributed by atoms with Crippen LogP contribution < -0.4 is 5.32 Å². The highest BCUT2D eigenvalue weighted by atomic mass is 19.1. The molecule has 2 heterocycles. The topological polar surface area (TPSA) is 31.4 Å². The van der Waals surface area contributed by atoms with E-state index in [1.807, 2.05) is 24.3 Å². The molecular formula is C21H29FN4. The van der Waals surface area contributed by atoms with E-state index in [0.717, 1.165) is 50.6 Å². The van der Waals surface area contributed by atoms with E-state index in [1.165, 1.54) is 6.54 Å². The number of nitrogens with zero attached hydrogens (tertiary/aromatic N) is 3. The summed E-state index contributed by atoms with van der Waals surface area (Å²) in [6.07, 6.45) is 2.57. The lowest BCUT2D eigenvalue weighted by Crippen LogP contribution is -2.47. The van der Waals surface area contributed by atoms with Crippen molar-refractivity contribution in [2.75, 3.05) is 44.6 Å². The number of rotatable bonds is 7. The number of pyridine rings is 1. The van der Waals surface area contributed by atoms with Gasteiger partial charge in [0.05, 0.1) is 5.69 Å². The van der Waals surface area contributed by atoms with Crippen LogP contribution in [0.15, 0.2) is 42.6 Å². The van der Waals surface area contributed by atoms with Crippen LogP contribution in [0.1, 0.15) is 19.4 Å². The van der Waals surface area contributed by atoms with Gasteiger partial charge in [-0.25, -0.2) is 9.37 Å². The van der Waals surface area contributed by atoms with Crippen LogP contribution in [-0.2, 0) is 6.42 Å². The molecule has 26 heavy (non-hydrogen) atoms. The number of anilines is 2. The number of benzene rings is 1. The number of nitrogens with one attached hydrogen (secondary N) is 1. The Morgan fingerprint density at radius 3 is 2.50 bits per heavy atom. The molecule has 0 atom stereocenters. The first-order chi connectivity index (χ1) is 12.6. The van der Waals surface area contributed by atoms with Gasteiger partial charge in [0.15, 0.2) is 0 Å². The van der Waals surface area contributed by atoms with Crippen molar-refractivity contribution in [1.29, 1.82) is 0 Å². The summed E-state index contributed by atoms with van der Waals surface area (Å²) in [6.45, 7) is 11.2. The maximum Gasteiger partial charge on any atom is 0.146 e. The zero-order valence-electron chi connectivity index (χ0n) is 15.8. The van der Waals surface area contributed by atoms with Crippen molar-refractivity contribution >= 4 is 11.5 Å². The van der Waals surface area contributed by atoms with Gasteiger partial charge < -0.3 is 15.1 Å². The van der Waals surface area contributed by atoms with Crippen LogP contribution >= 0.6 is 0 Å². The number of piperazine rings is 1. The van der Waals surface area contributed by atoms with E-state index in [-0.39, 0.29) is 5.82 Å². The summed E-state index contributed by atoms with van der Waals surface area (Å²) in [6, 6.07) is 11.0. The summed E-state index contributed by atoms with van der Waals surface area (Å²) in [5.41, 5.74) is 1.51. The average molecular weight is 356 g/mol. The van der Waals surface area contributed by atoms with Crippen molar-refractivity contribution in [2.45, 2.75) is 20.3 Å². The fourth-order valence-corrected chi connectivity index (χ4v) is 3.39. The molecule has 0 bridgehead atoms. The number of hydrogen-bond acceptors (Lipinski definition) is 4. The summed E-state index contributed by atoms with van der Waals surface area (Å²) in [5, 5.41) is 3.02. The Kier molecular flexibility index (Phi) is 6.58. The molecule has 4 nitrogen and oxygen atoms in total. The average Bonchev–Trinajstić information content (AvgIpc) is 2.64. The van der Waals surface area contributed by atoms with E-state index < -0.39 is 0 Å². The van der Waals surface area contributed by atoms with Gasteiger partial charge >= 0.3 is 0 Å². The number of halogens is 1. The zero-order chi connectivity index (χ0) is 18.4. The molecule has 0 spiro atoms. The van der Waals surface area contributed by atoms with E-state index in [0.29, 0.717) is 11.5 Å². The SMILES string of the molecule is CC(C)CN1CCN(CCc2ccc(Nc3ccccn3)c(F)c2)CC1. The normalized spacial score (nSPS) is 16.2. The Balaban J connectivity index is 1.48. The Morgan fingerprint density at radius 1 is 1.08 bits per heavy atom. The minimum atomic E-state index is -0.227. The smallest absolute Gasteiger partial charge is 0.146 e. The molecule has 0 amide bonds. The third-order valence-electron chi connectivity index (χ3n) is 4.77. The minimum Gasteiger partial charge on any atom is -0.338 e. The van der Waals surface area contributed by atoms with Crippen LogP contribution in [0.2, 0.25) is 0 Å². The Bertz CT molecular complexity index is 682. The lowest BCUT2D eigenvalue weighted by molar-refractivity contribution is 0.123. The fraction of sp³-hybridized carbons (Fsp3) is 0.476. The first kappa shape index (κ1) is 18.8. The highest BCUT2D eigenvalue weighted by Gasteiger charge is 2.17. The van der Waals surface area contributed by atoms with Crippen molar-refractivity contribution in [2.24, 2.45) is 5.92 Å². The Hall–Kier alpha value is -1.98. The zero-order valence-corrected chi connectivity index (χ0v) is 15.8. The standard InChI is InChI=1S/C21H29FN4/c1-17(2)16-26-13-11-25(12-14-26)10-8-18-6-7-20(19(22)15-18)24-21-5-3-4-9-23-21/h3-7,9,15,17H,8,10-14,16H2,1-2H3,(H,23,24). The molecule has 0 radical (unpaired) electrons. The van der Waals surface area contributed by atoms with E-state index >= 15 is 0 Å². The van der Waals surface area contributed by atoms with Gasteiger partial charge in [0.2, 0.25) is 0 Å². The Morgan fingerprint density at radius 2 is 1.85 bits per heavy atom. The predicted molar refractivity (Wildman–Crippen MR) is 105 cm³/mol. The summed E-state index contributed by atoms with van der Waals surface area (Å²) in [7, 11) is 0. The van der Waals surface area contributed by atoms with Gasteiger partial charge in [-0.15, -0.1) is 0 Å². The molecule has 3 rings (SSSR count). The van der Waals surface area contributed by atoms with Crippen LogP contribution in [0, 0.1) is 11.7 Å². The molecule has 0 saturated carbocycles. The van der Waals surface area contributed by atoms with Gasteiger partial charge in [-0.05, 0) is 42.2 Å². The van der Waals surface area contributed by atoms with Gasteiger partial charge in [-0.3, -0.25) is 0 Å². The molecule has 5 heteroatoms. The van der Waals surface area contributed by atoms with E-state index in [2.05, 4.69) is 33.9 Å². The highest BCUT2D eigenvalue weighted by molar-refractivity contribution is 5.57. The monoisotopic (exact) mass is 356 g/mol. The largest absolute Gasteiger partial charge is 0.338 e. The molecule has 1 saturated heterocycles. The summed E-state index contributed by atoms with van der Waals surface area (Å²) in [4.78, 5) is 9.19. The molecule has 140 valence electrons. The molecule has 0 aliphatic carbocycles. The minimum absolute atomic E-state index is 0.227. The van der Waals surface area contributed by atoms with Crippen LogP contribution in [0.4, 0.5) is 15.9 Å². The van der Waals surface area contributed by atoms with Crippen molar-refractivity contribution < 1.29 is 4.39 Å². The fourth-order valence-electron chi connectivity index (χ4n) is 3.39. The first-order valence-corrected chi connectivity index (χ1v) is 9.51. The van der Waals surface area contributed by atoms with Crippen LogP contribution in [0.5, 0.6) is 0 Å². The molecule has 1 aromatic carbocycles. The van der Waals surface area contributed by atoms with Crippen molar-refractivity contribution in [3.05, 3.63) is 54.0 Å². The maximum atomic E-state index is 14.4. The van der Waals surface area contributed by atoms with Crippen molar-refractivity contribution in [3.63, 3.8) is 0 Å². The molecule has 0 unspecified atom stereocenters. The van der Waals surface area contributed by atoms with Gasteiger partial charge in [-0.2, -0.15) is 0 Å². The highest BCUT2D eigenvalue weighted by Crippen LogP contribution is 2.20. The second kappa shape index (κ2) is 9.10. The van der Waals surface area contributed by atoms with E-state index in [9.17, 15) is 4.39 Å². The number of hydrogen-bond donors (Lipinski definition) is 1. The Labute approximate surface area is 156 Å². The lowest BCUT2D eigenvalue weighted by Gasteiger charge is -2.35. The molecule has 1 N–H and O–H groups in total. The molecule has 1 aliphatic rings. The summed E-state index contributed by atoms with van der Waals surface area (Å²) >= 11 is 0. The van der Waals surface area contributed by atoms with Gasteiger partial charge in [0, 0.05) is 45.5 Å². The third-order valence-corrected chi connectivity index (χ3v) is 4.77. The lowest BCUT2D eigenvalue weighted by atomic mass is 10.1. The van der Waals surface area contributed by atoms with Crippen LogP contribution in [-0.4, -0.2) is 54.1 Å². The molecular weight excluding hydrogens is 327 g/mol. The summed E-state index contributed by atoms with van der Waals surface area (Å²) < 4.78 is 14.4. The van der Waals surface area contributed by atoms with Gasteiger partial charge in [-0.1, -0.05) is 26.0 Å². The molecule has 1 aliphatic heterocycles. The summed E-state index contributed by atoms with van der Waals surface area (Å²) in [5.74, 6) is 1.15. The number of aromatic nitrogens is 1. The predicted octanol–water partition coefficient (Wildman–Crippen LogP) is 3.78. The molecule has 1 aromatic heterocycles. The van der Waals surface area contributed by atoms with Crippen LogP contribution in [0.25, 0.3) is 0 Å². The third kappa shape index (κ3) is 5.51. The van der Waals surface area contributed by atoms with E-state index in [1.54, 1.807) is 18.3 Å². The molecule has 2 aromatic rings. The van der Waals surface area contributed by atoms with Gasteiger partial charge in [0.25, 0.3) is 0 Å². The van der Waals surface area contributed by atoms with E-state index in [4.69, 9.17) is 0 Å². The maximum absolute atomic E-state index is 14.4. The van der Waals surface area contributed by atoms with Crippen molar-refractivity contribution in [1.82, 2.24) is 14.8 Å².